The lowest BCUT2D eigenvalue weighted by Gasteiger charge is -2.50. The second kappa shape index (κ2) is 20.9. The molecular weight excluding hydrogens is 777 g/mol. The molecule has 0 radical (unpaired) electrons. The van der Waals surface area contributed by atoms with Crippen molar-refractivity contribution in [2.24, 2.45) is 11.8 Å². The minimum absolute atomic E-state index is 0.0200. The van der Waals surface area contributed by atoms with Crippen LogP contribution in [0.5, 0.6) is 0 Å². The Morgan fingerprint density at radius 2 is 0.825 bits per heavy atom. The molecule has 0 bridgehead atoms. The van der Waals surface area contributed by atoms with Crippen LogP contribution in [0.1, 0.15) is 150 Å². The average Bonchev–Trinajstić information content (AvgIpc) is 2.95. The number of rotatable bonds is 24. The van der Waals surface area contributed by atoms with Gasteiger partial charge < -0.3 is 27.2 Å². The molecule has 0 aliphatic rings. The van der Waals surface area contributed by atoms with E-state index in [1.165, 1.54) is 0 Å². The summed E-state index contributed by atoms with van der Waals surface area (Å²) < 4.78 is 42.0. The van der Waals surface area contributed by atoms with Crippen LogP contribution < -0.4 is 0 Å². The first-order valence-electron chi connectivity index (χ1n) is 22.3. The van der Waals surface area contributed by atoms with Crippen molar-refractivity contribution in [3.05, 3.63) is 12.2 Å². The fraction of sp³-hybridized carbons (Fsp3) is 0.935. The van der Waals surface area contributed by atoms with Crippen LogP contribution in [0.4, 0.5) is 0 Å². The predicted molar refractivity (Wildman–Crippen MR) is 257 cm³/mol. The number of carbonyl (C=O) groups excluding carboxylic acids is 1. The molecule has 57 heavy (non-hydrogen) atoms. The minimum Gasteiger partial charge on any atom is -0.411 e. The van der Waals surface area contributed by atoms with E-state index in [1.807, 2.05) is 20.8 Å². The van der Waals surface area contributed by atoms with Gasteiger partial charge in [-0.15, -0.1) is 0 Å². The van der Waals surface area contributed by atoms with E-state index in [4.69, 9.17) is 27.2 Å². The first kappa shape index (κ1) is 57.0. The van der Waals surface area contributed by atoms with Gasteiger partial charge in [-0.3, -0.25) is 4.79 Å². The Labute approximate surface area is 359 Å². The standard InChI is InChI=1S/C46H98O7Si4/c1-28-48-46(19,49-29-2)41(53-57(26,27)45(16,17)18)39(51-55(22,23)43(10,11)12)33-36(6)31-37(47)30-35(5)32-38(50-54(20,21)42(7,8)9)40(34(3)4)52-56(24,25)44(13,14)15/h35-36,38-41H,3,28-33H2,1-2,4-27H3/t35-,36+,38+,39+,40-,41+/m1/s1. The van der Waals surface area contributed by atoms with Gasteiger partial charge in [0.05, 0.1) is 18.3 Å². The summed E-state index contributed by atoms with van der Waals surface area (Å²) in [6.07, 6.45) is 1.14. The topological polar surface area (TPSA) is 72.5 Å². The van der Waals surface area contributed by atoms with E-state index in [0.717, 1.165) is 12.0 Å². The SMILES string of the molecule is C=C(C)[C@@H](O[Si](C)(C)C(C)(C)C)[C@H](C[C@H](C)CC(=O)C[C@H](C)C[C@H](O[Si](C)(C)C(C)(C)C)[C@H](O[Si](C)(C)C(C)(C)C)C(C)(OCC)OCC)O[Si](C)(C)C(C)(C)C. The van der Waals surface area contributed by atoms with Crippen molar-refractivity contribution in [2.75, 3.05) is 13.2 Å². The van der Waals surface area contributed by atoms with E-state index in [1.54, 1.807) is 0 Å². The normalized spacial score (nSPS) is 17.9. The summed E-state index contributed by atoms with van der Waals surface area (Å²) in [4.78, 5) is 14.1. The number of hydrogen-bond acceptors (Lipinski definition) is 7. The molecule has 0 amide bonds. The van der Waals surface area contributed by atoms with Crippen LogP contribution in [0.25, 0.3) is 0 Å². The highest BCUT2D eigenvalue weighted by atomic mass is 28.4. The number of hydrogen-bond donors (Lipinski definition) is 0. The maximum Gasteiger partial charge on any atom is 0.193 e. The van der Waals surface area contributed by atoms with Crippen molar-refractivity contribution in [2.45, 2.75) is 253 Å². The molecular formula is C46H98O7Si4. The lowest BCUT2D eigenvalue weighted by atomic mass is 9.88. The van der Waals surface area contributed by atoms with Gasteiger partial charge >= 0.3 is 0 Å². The van der Waals surface area contributed by atoms with Gasteiger partial charge in [-0.2, -0.15) is 0 Å². The van der Waals surface area contributed by atoms with Gasteiger partial charge in [0.1, 0.15) is 11.9 Å². The second-order valence-corrected chi connectivity index (χ2v) is 42.8. The number of carbonyl (C=O) groups is 1. The smallest absolute Gasteiger partial charge is 0.193 e. The van der Waals surface area contributed by atoms with Crippen LogP contribution in [0.15, 0.2) is 12.2 Å². The van der Waals surface area contributed by atoms with Gasteiger partial charge in [0.2, 0.25) is 0 Å². The molecule has 0 saturated heterocycles. The Hall–Kier alpha value is 0.0375. The molecule has 0 aromatic rings. The van der Waals surface area contributed by atoms with E-state index in [-0.39, 0.29) is 56.1 Å². The monoisotopic (exact) mass is 875 g/mol. The molecule has 11 heteroatoms. The van der Waals surface area contributed by atoms with Gasteiger partial charge in [0.15, 0.2) is 39.1 Å². The number of ether oxygens (including phenoxy) is 2. The Kier molecular flexibility index (Phi) is 21.0. The predicted octanol–water partition coefficient (Wildman–Crippen LogP) is 14.3. The summed E-state index contributed by atoms with van der Waals surface area (Å²) in [5, 5.41) is 0.0261. The van der Waals surface area contributed by atoms with E-state index in [9.17, 15) is 4.79 Å². The Bertz CT molecular complexity index is 1250. The summed E-state index contributed by atoms with van der Waals surface area (Å²) in [6, 6.07) is 0. The van der Waals surface area contributed by atoms with Gasteiger partial charge in [-0.1, -0.05) is 109 Å². The molecule has 340 valence electrons. The summed E-state index contributed by atoms with van der Waals surface area (Å²) in [6.45, 7) is 63.6. The van der Waals surface area contributed by atoms with Crippen LogP contribution in [0.2, 0.25) is 72.5 Å². The fourth-order valence-electron chi connectivity index (χ4n) is 6.18. The van der Waals surface area contributed by atoms with E-state index < -0.39 is 45.2 Å². The van der Waals surface area contributed by atoms with E-state index in [2.05, 4.69) is 163 Å². The molecule has 7 nitrogen and oxygen atoms in total. The second-order valence-electron chi connectivity index (χ2n) is 23.8. The van der Waals surface area contributed by atoms with E-state index >= 15 is 0 Å². The lowest BCUT2D eigenvalue weighted by molar-refractivity contribution is -0.280. The highest BCUT2D eigenvalue weighted by Gasteiger charge is 2.52. The Morgan fingerprint density at radius 1 is 0.526 bits per heavy atom. The molecule has 0 spiro atoms. The van der Waals surface area contributed by atoms with Crippen LogP contribution in [0.3, 0.4) is 0 Å². The fourth-order valence-corrected chi connectivity index (χ4v) is 11.5. The molecule has 0 saturated carbocycles. The first-order chi connectivity index (χ1) is 25.1. The van der Waals surface area contributed by atoms with Crippen molar-refractivity contribution >= 4 is 39.1 Å². The maximum absolute atomic E-state index is 14.1. The summed E-state index contributed by atoms with van der Waals surface area (Å²) >= 11 is 0. The minimum atomic E-state index is -2.33. The van der Waals surface area contributed by atoms with Crippen molar-refractivity contribution in [3.8, 4) is 0 Å². The molecule has 0 aromatic carbocycles. The zero-order valence-corrected chi connectivity index (χ0v) is 46.8. The highest BCUT2D eigenvalue weighted by molar-refractivity contribution is 6.75. The molecule has 0 aliphatic carbocycles. The molecule has 0 unspecified atom stereocenters. The highest BCUT2D eigenvalue weighted by Crippen LogP contribution is 2.45. The Morgan fingerprint density at radius 3 is 1.14 bits per heavy atom. The first-order valence-corrected chi connectivity index (χ1v) is 33.9. The molecule has 0 fully saturated rings. The van der Waals surface area contributed by atoms with Crippen molar-refractivity contribution in [1.29, 1.82) is 0 Å². The average molecular weight is 876 g/mol. The maximum atomic E-state index is 14.1. The quantitative estimate of drug-likeness (QED) is 0.0543. The van der Waals surface area contributed by atoms with Crippen LogP contribution in [-0.4, -0.2) is 82.5 Å². The molecule has 0 rings (SSSR count). The van der Waals surface area contributed by atoms with Crippen molar-refractivity contribution < 1.29 is 32.0 Å². The van der Waals surface area contributed by atoms with Gasteiger partial charge in [0.25, 0.3) is 0 Å². The molecule has 0 aromatic heterocycles. The molecule has 0 heterocycles. The largest absolute Gasteiger partial charge is 0.411 e. The van der Waals surface area contributed by atoms with Gasteiger partial charge in [0, 0.05) is 26.1 Å². The Balaban J connectivity index is 6.81. The zero-order valence-electron chi connectivity index (χ0n) is 42.8. The summed E-state index contributed by atoms with van der Waals surface area (Å²) in [7, 11) is -8.96. The van der Waals surface area contributed by atoms with E-state index in [0.29, 0.717) is 32.5 Å². The van der Waals surface area contributed by atoms with Gasteiger partial charge in [-0.25, -0.2) is 0 Å². The lowest BCUT2D eigenvalue weighted by Crippen LogP contribution is -2.61. The van der Waals surface area contributed by atoms with Crippen molar-refractivity contribution in [3.63, 3.8) is 0 Å². The van der Waals surface area contributed by atoms with Crippen LogP contribution in [0, 0.1) is 11.8 Å². The van der Waals surface area contributed by atoms with Gasteiger partial charge in [-0.05, 0) is 125 Å². The third kappa shape index (κ3) is 17.0. The summed E-state index contributed by atoms with van der Waals surface area (Å²) in [5.74, 6) is -0.585. The summed E-state index contributed by atoms with van der Waals surface area (Å²) in [5.41, 5.74) is 0.990. The molecule has 0 aliphatic heterocycles. The number of ketones is 1. The van der Waals surface area contributed by atoms with Crippen LogP contribution in [-0.2, 0) is 32.0 Å². The number of Topliss-reactive ketones (excluding diaryl/α,β-unsaturated/α-hetero) is 1. The molecule has 0 N–H and O–H groups in total. The molecule has 6 atom stereocenters. The third-order valence-electron chi connectivity index (χ3n) is 13.9. The van der Waals surface area contributed by atoms with Crippen molar-refractivity contribution in [1.82, 2.24) is 0 Å². The third-order valence-corrected chi connectivity index (χ3v) is 31.8. The van der Waals surface area contributed by atoms with Crippen LogP contribution >= 0.6 is 0 Å². The zero-order chi connectivity index (χ0) is 45.6.